The molecule has 0 amide bonds. The fourth-order valence-corrected chi connectivity index (χ4v) is 1.44. The van der Waals surface area contributed by atoms with Crippen molar-refractivity contribution in [1.29, 1.82) is 0 Å². The number of nitrogens with one attached hydrogen (secondary N) is 1. The van der Waals surface area contributed by atoms with Gasteiger partial charge in [-0.1, -0.05) is 13.3 Å². The van der Waals surface area contributed by atoms with Crippen LogP contribution in [0.5, 0.6) is 0 Å². The molecule has 0 aromatic heterocycles. The average molecular weight is 250 g/mol. The number of rotatable bonds is 6. The lowest BCUT2D eigenvalue weighted by Crippen LogP contribution is -2.03. The Kier molecular flexibility index (Phi) is 4.86. The van der Waals surface area contributed by atoms with Crippen LogP contribution >= 0.6 is 0 Å². The highest BCUT2D eigenvalue weighted by molar-refractivity contribution is 5.81. The maximum absolute atomic E-state index is 10.6. The van der Waals surface area contributed by atoms with Gasteiger partial charge >= 0.3 is 5.97 Å². The van der Waals surface area contributed by atoms with Crippen molar-refractivity contribution in [2.24, 2.45) is 0 Å². The van der Waals surface area contributed by atoms with Gasteiger partial charge in [0.05, 0.1) is 4.92 Å². The van der Waals surface area contributed by atoms with E-state index in [1.807, 2.05) is 6.92 Å². The van der Waals surface area contributed by atoms with E-state index >= 15 is 0 Å². The predicted molar refractivity (Wildman–Crippen MR) is 67.3 cm³/mol. The Balaban J connectivity index is 2.81. The zero-order valence-electron chi connectivity index (χ0n) is 9.92. The average Bonchev–Trinajstić information content (AvgIpc) is 2.29. The standard InChI is InChI=1S/C12H14N2O4/c1-2-3-10(8-12(15)16)13-9-4-6-11(7-5-9)14(17)18/h4-8,13H,2-3H2,1H3,(H,15,16)/b10-8-. The molecule has 0 saturated carbocycles. The van der Waals surface area contributed by atoms with Crippen molar-refractivity contribution in [2.75, 3.05) is 5.32 Å². The van der Waals surface area contributed by atoms with Gasteiger partial charge in [0.1, 0.15) is 0 Å². The molecule has 0 aliphatic carbocycles. The third-order valence-electron chi connectivity index (χ3n) is 2.20. The van der Waals surface area contributed by atoms with Crippen LogP contribution in [-0.4, -0.2) is 16.0 Å². The molecule has 1 aromatic rings. The van der Waals surface area contributed by atoms with Crippen molar-refractivity contribution in [2.45, 2.75) is 19.8 Å². The van der Waals surface area contributed by atoms with Gasteiger partial charge in [0.15, 0.2) is 0 Å². The van der Waals surface area contributed by atoms with E-state index in [9.17, 15) is 14.9 Å². The number of carboxylic acid groups (broad SMARTS) is 1. The van der Waals surface area contributed by atoms with Gasteiger partial charge in [-0.05, 0) is 18.6 Å². The summed E-state index contributed by atoms with van der Waals surface area (Å²) in [5.41, 5.74) is 1.19. The summed E-state index contributed by atoms with van der Waals surface area (Å²) in [4.78, 5) is 20.6. The van der Waals surface area contributed by atoms with Gasteiger partial charge < -0.3 is 10.4 Å². The molecule has 0 unspecified atom stereocenters. The minimum Gasteiger partial charge on any atom is -0.478 e. The molecule has 6 heteroatoms. The molecule has 96 valence electrons. The van der Waals surface area contributed by atoms with E-state index in [-0.39, 0.29) is 5.69 Å². The van der Waals surface area contributed by atoms with Gasteiger partial charge in [0.2, 0.25) is 0 Å². The van der Waals surface area contributed by atoms with Crippen molar-refractivity contribution in [3.63, 3.8) is 0 Å². The summed E-state index contributed by atoms with van der Waals surface area (Å²) >= 11 is 0. The highest BCUT2D eigenvalue weighted by Gasteiger charge is 2.05. The molecule has 6 nitrogen and oxygen atoms in total. The van der Waals surface area contributed by atoms with Crippen LogP contribution in [0.4, 0.5) is 11.4 Å². The van der Waals surface area contributed by atoms with Crippen molar-refractivity contribution in [1.82, 2.24) is 0 Å². The number of benzene rings is 1. The minimum atomic E-state index is -1.02. The Bertz CT molecular complexity index is 465. The molecular formula is C12H14N2O4. The lowest BCUT2D eigenvalue weighted by molar-refractivity contribution is -0.384. The normalized spacial score (nSPS) is 11.1. The molecule has 0 radical (unpaired) electrons. The lowest BCUT2D eigenvalue weighted by atomic mass is 10.2. The smallest absolute Gasteiger partial charge is 0.330 e. The van der Waals surface area contributed by atoms with E-state index in [1.165, 1.54) is 12.1 Å². The van der Waals surface area contributed by atoms with Crippen molar-refractivity contribution < 1.29 is 14.8 Å². The first-order chi connectivity index (χ1) is 8.52. The number of nitro benzene ring substituents is 1. The van der Waals surface area contributed by atoms with E-state index in [1.54, 1.807) is 12.1 Å². The Labute approximate surface area is 104 Å². The molecule has 0 aliphatic heterocycles. The second-order valence-corrected chi connectivity index (χ2v) is 3.69. The SMILES string of the molecule is CCC/C(=C/C(=O)O)Nc1ccc([N+](=O)[O-])cc1. The first kappa shape index (κ1) is 13.7. The molecule has 0 bridgehead atoms. The number of nitro groups is 1. The summed E-state index contributed by atoms with van der Waals surface area (Å²) in [6.07, 6.45) is 2.51. The van der Waals surface area contributed by atoms with E-state index in [2.05, 4.69) is 5.32 Å². The van der Waals surface area contributed by atoms with Crippen LogP contribution in [0.2, 0.25) is 0 Å². The van der Waals surface area contributed by atoms with Crippen molar-refractivity contribution >= 4 is 17.3 Å². The number of carbonyl (C=O) groups is 1. The third-order valence-corrected chi connectivity index (χ3v) is 2.20. The molecule has 0 saturated heterocycles. The van der Waals surface area contributed by atoms with Crippen LogP contribution in [0.1, 0.15) is 19.8 Å². The zero-order chi connectivity index (χ0) is 13.5. The molecule has 0 fully saturated rings. The summed E-state index contributed by atoms with van der Waals surface area (Å²) < 4.78 is 0. The Hall–Kier alpha value is -2.37. The molecule has 2 N–H and O–H groups in total. The maximum Gasteiger partial charge on any atom is 0.330 e. The first-order valence-electron chi connectivity index (χ1n) is 5.48. The fraction of sp³-hybridized carbons (Fsp3) is 0.250. The van der Waals surface area contributed by atoms with Crippen LogP contribution in [0.15, 0.2) is 36.0 Å². The molecule has 0 heterocycles. The summed E-state index contributed by atoms with van der Waals surface area (Å²) in [5.74, 6) is -1.02. The molecule has 18 heavy (non-hydrogen) atoms. The monoisotopic (exact) mass is 250 g/mol. The number of non-ortho nitro benzene ring substituents is 1. The number of aliphatic carboxylic acids is 1. The highest BCUT2D eigenvalue weighted by atomic mass is 16.6. The summed E-state index contributed by atoms with van der Waals surface area (Å²) in [6, 6.07) is 5.83. The molecule has 0 atom stereocenters. The third kappa shape index (κ3) is 4.25. The highest BCUT2D eigenvalue weighted by Crippen LogP contribution is 2.18. The largest absolute Gasteiger partial charge is 0.478 e. The lowest BCUT2D eigenvalue weighted by Gasteiger charge is -2.09. The second-order valence-electron chi connectivity index (χ2n) is 3.69. The first-order valence-corrected chi connectivity index (χ1v) is 5.48. The van der Waals surface area contributed by atoms with Crippen molar-refractivity contribution in [3.8, 4) is 0 Å². The molecule has 1 aromatic carbocycles. The van der Waals surface area contributed by atoms with Crippen LogP contribution in [0, 0.1) is 10.1 Å². The second kappa shape index (κ2) is 6.39. The van der Waals surface area contributed by atoms with Crippen LogP contribution in [0.25, 0.3) is 0 Å². The quantitative estimate of drug-likeness (QED) is 0.460. The maximum atomic E-state index is 10.6. The number of hydrogen-bond donors (Lipinski definition) is 2. The van der Waals surface area contributed by atoms with E-state index in [0.29, 0.717) is 17.8 Å². The van der Waals surface area contributed by atoms with Crippen LogP contribution in [0.3, 0.4) is 0 Å². The Morgan fingerprint density at radius 3 is 2.50 bits per heavy atom. The molecule has 1 rings (SSSR count). The van der Waals surface area contributed by atoms with Crippen LogP contribution < -0.4 is 5.32 Å². The number of anilines is 1. The minimum absolute atomic E-state index is 0.000180. The number of hydrogen-bond acceptors (Lipinski definition) is 4. The number of nitrogens with zero attached hydrogens (tertiary/aromatic N) is 1. The van der Waals surface area contributed by atoms with Gasteiger partial charge in [-0.15, -0.1) is 0 Å². The van der Waals surface area contributed by atoms with Gasteiger partial charge in [-0.25, -0.2) is 4.79 Å². The molecule has 0 aliphatic rings. The zero-order valence-corrected chi connectivity index (χ0v) is 9.92. The van der Waals surface area contributed by atoms with E-state index < -0.39 is 10.9 Å². The molecular weight excluding hydrogens is 236 g/mol. The summed E-state index contributed by atoms with van der Waals surface area (Å²) in [5, 5.41) is 22.1. The van der Waals surface area contributed by atoms with E-state index in [4.69, 9.17) is 5.11 Å². The number of allylic oxidation sites excluding steroid dienone is 1. The van der Waals surface area contributed by atoms with E-state index in [0.717, 1.165) is 12.5 Å². The van der Waals surface area contributed by atoms with Crippen LogP contribution in [-0.2, 0) is 4.79 Å². The Morgan fingerprint density at radius 1 is 1.44 bits per heavy atom. The summed E-state index contributed by atoms with van der Waals surface area (Å²) in [7, 11) is 0. The van der Waals surface area contributed by atoms with Gasteiger partial charge in [0.25, 0.3) is 5.69 Å². The van der Waals surface area contributed by atoms with Gasteiger partial charge in [0, 0.05) is 29.6 Å². The predicted octanol–water partition coefficient (Wildman–Crippen LogP) is 2.78. The van der Waals surface area contributed by atoms with Gasteiger partial charge in [-0.3, -0.25) is 10.1 Å². The topological polar surface area (TPSA) is 92.5 Å². The summed E-state index contributed by atoms with van der Waals surface area (Å²) in [6.45, 7) is 1.94. The van der Waals surface area contributed by atoms with Gasteiger partial charge in [-0.2, -0.15) is 0 Å². The molecule has 0 spiro atoms. The Morgan fingerprint density at radius 2 is 2.06 bits per heavy atom. The number of carboxylic acids is 1. The van der Waals surface area contributed by atoms with Crippen molar-refractivity contribution in [3.05, 3.63) is 46.2 Å². The fourth-order valence-electron chi connectivity index (χ4n) is 1.44.